The monoisotopic (exact) mass is 377 g/mol. The van der Waals surface area contributed by atoms with Gasteiger partial charge in [-0.25, -0.2) is 8.42 Å². The third kappa shape index (κ3) is 3.17. The van der Waals surface area contributed by atoms with Gasteiger partial charge in [0.2, 0.25) is 15.9 Å². The van der Waals surface area contributed by atoms with Crippen LogP contribution in [0.3, 0.4) is 0 Å². The summed E-state index contributed by atoms with van der Waals surface area (Å²) in [6.07, 6.45) is 4.58. The van der Waals surface area contributed by atoms with Gasteiger partial charge in [-0.2, -0.15) is 4.31 Å². The Morgan fingerprint density at radius 3 is 2.46 bits per heavy atom. The Morgan fingerprint density at radius 1 is 1.08 bits per heavy atom. The average molecular weight is 378 g/mol. The topological polar surface area (TPSA) is 69.7 Å². The molecule has 142 valence electrons. The Labute approximate surface area is 155 Å². The maximum atomic E-state index is 13.1. The van der Waals surface area contributed by atoms with Gasteiger partial charge in [-0.15, -0.1) is 0 Å². The summed E-state index contributed by atoms with van der Waals surface area (Å²) in [6, 6.07) is 7.90. The molecule has 7 heteroatoms. The van der Waals surface area contributed by atoms with Gasteiger partial charge in [-0.3, -0.25) is 4.79 Å². The number of carbonyl (C=O) groups is 1. The van der Waals surface area contributed by atoms with E-state index in [0.29, 0.717) is 18.4 Å². The van der Waals surface area contributed by atoms with Crippen LogP contribution in [-0.4, -0.2) is 62.3 Å². The molecular weight excluding hydrogens is 350 g/mol. The van der Waals surface area contributed by atoms with E-state index in [1.165, 1.54) is 10.7 Å². The fraction of sp³-hybridized carbons (Fsp3) is 0.632. The van der Waals surface area contributed by atoms with E-state index >= 15 is 0 Å². The first-order chi connectivity index (χ1) is 12.5. The standard InChI is InChI=1S/C19H27N3O3S/c23-18(21-13-9-19(10-14-21)8-11-20-15-19)17-7-4-12-22(17)26(24,25)16-5-2-1-3-6-16/h1-3,5-6,17,20H,4,7-15H2. The van der Waals surface area contributed by atoms with Crippen molar-refractivity contribution in [1.82, 2.24) is 14.5 Å². The van der Waals surface area contributed by atoms with Crippen LogP contribution in [-0.2, 0) is 14.8 Å². The van der Waals surface area contributed by atoms with Crippen molar-refractivity contribution in [1.29, 1.82) is 0 Å². The van der Waals surface area contributed by atoms with Crippen LogP contribution in [0.15, 0.2) is 35.2 Å². The molecule has 1 unspecified atom stereocenters. The predicted octanol–water partition coefficient (Wildman–Crippen LogP) is 1.44. The first-order valence-electron chi connectivity index (χ1n) is 9.58. The number of likely N-dealkylation sites (tertiary alicyclic amines) is 1. The van der Waals surface area contributed by atoms with Gasteiger partial charge in [0.1, 0.15) is 6.04 Å². The number of hydrogen-bond acceptors (Lipinski definition) is 4. The molecule has 3 heterocycles. The molecule has 4 rings (SSSR count). The zero-order valence-corrected chi connectivity index (χ0v) is 15.9. The molecule has 1 amide bonds. The smallest absolute Gasteiger partial charge is 0.243 e. The second kappa shape index (κ2) is 6.94. The lowest BCUT2D eigenvalue weighted by atomic mass is 9.78. The van der Waals surface area contributed by atoms with E-state index in [9.17, 15) is 13.2 Å². The van der Waals surface area contributed by atoms with Crippen molar-refractivity contribution in [2.24, 2.45) is 5.41 Å². The van der Waals surface area contributed by atoms with Crippen molar-refractivity contribution in [3.63, 3.8) is 0 Å². The largest absolute Gasteiger partial charge is 0.341 e. The first-order valence-corrected chi connectivity index (χ1v) is 11.0. The van der Waals surface area contributed by atoms with Crippen LogP contribution in [0.25, 0.3) is 0 Å². The number of piperidine rings is 1. The molecule has 0 bridgehead atoms. The number of hydrogen-bond donors (Lipinski definition) is 1. The van der Waals surface area contributed by atoms with E-state index in [1.54, 1.807) is 30.3 Å². The fourth-order valence-electron chi connectivity index (χ4n) is 4.64. The second-order valence-electron chi connectivity index (χ2n) is 7.84. The summed E-state index contributed by atoms with van der Waals surface area (Å²) in [4.78, 5) is 15.3. The van der Waals surface area contributed by atoms with Gasteiger partial charge in [0.25, 0.3) is 0 Å². The fourth-order valence-corrected chi connectivity index (χ4v) is 6.31. The lowest BCUT2D eigenvalue weighted by molar-refractivity contribution is -0.136. The zero-order chi connectivity index (χ0) is 18.2. The maximum absolute atomic E-state index is 13.1. The van der Waals surface area contributed by atoms with Crippen LogP contribution in [0.5, 0.6) is 0 Å². The number of carbonyl (C=O) groups excluding carboxylic acids is 1. The van der Waals surface area contributed by atoms with Gasteiger partial charge in [-0.05, 0) is 56.2 Å². The van der Waals surface area contributed by atoms with Crippen molar-refractivity contribution in [3.8, 4) is 0 Å². The highest BCUT2D eigenvalue weighted by atomic mass is 32.2. The van der Waals surface area contributed by atoms with Gasteiger partial charge in [0.15, 0.2) is 0 Å². The summed E-state index contributed by atoms with van der Waals surface area (Å²) in [5, 5.41) is 3.44. The molecule has 0 aromatic heterocycles. The summed E-state index contributed by atoms with van der Waals surface area (Å²) >= 11 is 0. The molecule has 3 fully saturated rings. The number of nitrogens with one attached hydrogen (secondary N) is 1. The molecule has 3 aliphatic heterocycles. The van der Waals surface area contributed by atoms with Crippen LogP contribution in [0.1, 0.15) is 32.1 Å². The van der Waals surface area contributed by atoms with Crippen LogP contribution in [0.4, 0.5) is 0 Å². The molecule has 1 aromatic carbocycles. The van der Waals surface area contributed by atoms with E-state index in [0.717, 1.165) is 45.4 Å². The van der Waals surface area contributed by atoms with Crippen molar-refractivity contribution in [2.45, 2.75) is 43.0 Å². The minimum atomic E-state index is -3.62. The van der Waals surface area contributed by atoms with E-state index in [1.807, 2.05) is 4.90 Å². The summed E-state index contributed by atoms with van der Waals surface area (Å²) in [7, 11) is -3.62. The number of sulfonamides is 1. The highest BCUT2D eigenvalue weighted by molar-refractivity contribution is 7.89. The summed E-state index contributed by atoms with van der Waals surface area (Å²) in [5.41, 5.74) is 0.349. The van der Waals surface area contributed by atoms with Crippen molar-refractivity contribution < 1.29 is 13.2 Å². The SMILES string of the molecule is O=C(C1CCCN1S(=O)(=O)c1ccccc1)N1CCC2(CCNC2)CC1. The van der Waals surface area contributed by atoms with Crippen molar-refractivity contribution in [2.75, 3.05) is 32.7 Å². The molecule has 0 saturated carbocycles. The normalized spacial score (nSPS) is 26.5. The van der Waals surface area contributed by atoms with E-state index in [4.69, 9.17) is 0 Å². The van der Waals surface area contributed by atoms with Crippen LogP contribution < -0.4 is 5.32 Å². The van der Waals surface area contributed by atoms with E-state index < -0.39 is 16.1 Å². The maximum Gasteiger partial charge on any atom is 0.243 e. The minimum Gasteiger partial charge on any atom is -0.341 e. The number of rotatable bonds is 3. The summed E-state index contributed by atoms with van der Waals surface area (Å²) < 4.78 is 27.4. The highest BCUT2D eigenvalue weighted by Gasteiger charge is 2.44. The molecule has 1 spiro atoms. The van der Waals surface area contributed by atoms with Crippen LogP contribution in [0, 0.1) is 5.41 Å². The molecule has 6 nitrogen and oxygen atoms in total. The molecule has 1 aromatic rings. The van der Waals surface area contributed by atoms with Gasteiger partial charge < -0.3 is 10.2 Å². The van der Waals surface area contributed by atoms with Gasteiger partial charge in [-0.1, -0.05) is 18.2 Å². The molecule has 0 radical (unpaired) electrons. The van der Waals surface area contributed by atoms with Gasteiger partial charge in [0, 0.05) is 26.2 Å². The Balaban J connectivity index is 1.47. The Kier molecular flexibility index (Phi) is 4.79. The zero-order valence-electron chi connectivity index (χ0n) is 15.1. The van der Waals surface area contributed by atoms with Gasteiger partial charge in [0.05, 0.1) is 4.90 Å². The molecule has 3 saturated heterocycles. The first kappa shape index (κ1) is 17.9. The molecule has 1 N–H and O–H groups in total. The lowest BCUT2D eigenvalue weighted by Gasteiger charge is -2.40. The van der Waals surface area contributed by atoms with Crippen molar-refractivity contribution >= 4 is 15.9 Å². The Bertz CT molecular complexity index is 749. The van der Waals surface area contributed by atoms with Crippen LogP contribution in [0.2, 0.25) is 0 Å². The van der Waals surface area contributed by atoms with E-state index in [-0.39, 0.29) is 10.8 Å². The molecule has 3 aliphatic rings. The third-order valence-corrected chi connectivity index (χ3v) is 8.23. The Morgan fingerprint density at radius 2 is 1.81 bits per heavy atom. The van der Waals surface area contributed by atoms with Gasteiger partial charge >= 0.3 is 0 Å². The molecule has 26 heavy (non-hydrogen) atoms. The average Bonchev–Trinajstić information content (AvgIpc) is 3.33. The number of amides is 1. The summed E-state index contributed by atoms with van der Waals surface area (Å²) in [6.45, 7) is 4.04. The quantitative estimate of drug-likeness (QED) is 0.865. The van der Waals surface area contributed by atoms with Crippen molar-refractivity contribution in [3.05, 3.63) is 30.3 Å². The second-order valence-corrected chi connectivity index (χ2v) is 9.73. The van der Waals surface area contributed by atoms with E-state index in [2.05, 4.69) is 5.32 Å². The molecular formula is C19H27N3O3S. The highest BCUT2D eigenvalue weighted by Crippen LogP contribution is 2.37. The predicted molar refractivity (Wildman–Crippen MR) is 99.1 cm³/mol. The minimum absolute atomic E-state index is 0.0113. The number of benzene rings is 1. The Hall–Kier alpha value is -1.44. The number of nitrogens with zero attached hydrogens (tertiary/aromatic N) is 2. The van der Waals surface area contributed by atoms with Crippen LogP contribution >= 0.6 is 0 Å². The molecule has 0 aliphatic carbocycles. The molecule has 1 atom stereocenters. The summed E-state index contributed by atoms with van der Waals surface area (Å²) in [5.74, 6) is -0.0113. The third-order valence-electron chi connectivity index (χ3n) is 6.31. The lowest BCUT2D eigenvalue weighted by Crippen LogP contribution is -2.51.